The van der Waals surface area contributed by atoms with Gasteiger partial charge in [-0.15, -0.1) is 10.2 Å². The SMILES string of the molecule is CC1C=Cc2ccccc21.NS(=O)(=O)C1=CC(=O)N=N1. The summed E-state index contributed by atoms with van der Waals surface area (Å²) in [6.07, 6.45) is 5.19. The molecule has 2 N–H and O–H groups in total. The molecule has 20 heavy (non-hydrogen) atoms. The molecule has 0 fully saturated rings. The number of hydrogen-bond donors (Lipinski definition) is 1. The average molecular weight is 291 g/mol. The number of sulfonamides is 1. The van der Waals surface area contributed by atoms with Crippen molar-refractivity contribution >= 4 is 22.0 Å². The van der Waals surface area contributed by atoms with Gasteiger partial charge in [-0.3, -0.25) is 4.79 Å². The summed E-state index contributed by atoms with van der Waals surface area (Å²) in [5, 5.41) is 10.0. The van der Waals surface area contributed by atoms with Crippen LogP contribution in [0.5, 0.6) is 0 Å². The molecule has 1 aromatic rings. The van der Waals surface area contributed by atoms with Crippen LogP contribution in [0.2, 0.25) is 0 Å². The topological polar surface area (TPSA) is 102 Å². The predicted octanol–water partition coefficient (Wildman–Crippen LogP) is 1.93. The van der Waals surface area contributed by atoms with Crippen LogP contribution in [0, 0.1) is 0 Å². The van der Waals surface area contributed by atoms with Gasteiger partial charge in [0.05, 0.1) is 0 Å². The minimum atomic E-state index is -3.86. The van der Waals surface area contributed by atoms with Gasteiger partial charge in [0, 0.05) is 6.08 Å². The Morgan fingerprint density at radius 2 is 1.90 bits per heavy atom. The van der Waals surface area contributed by atoms with E-state index < -0.39 is 21.0 Å². The zero-order chi connectivity index (χ0) is 14.8. The zero-order valence-electron chi connectivity index (χ0n) is 10.7. The molecule has 1 heterocycles. The van der Waals surface area contributed by atoms with E-state index in [0.29, 0.717) is 5.92 Å². The van der Waals surface area contributed by atoms with Gasteiger partial charge in [0.25, 0.3) is 15.9 Å². The number of amides is 1. The number of benzene rings is 1. The maximum atomic E-state index is 10.4. The van der Waals surface area contributed by atoms with Gasteiger partial charge in [0.15, 0.2) is 5.03 Å². The van der Waals surface area contributed by atoms with Gasteiger partial charge < -0.3 is 0 Å². The number of nitrogens with zero attached hydrogens (tertiary/aromatic N) is 2. The van der Waals surface area contributed by atoms with Crippen molar-refractivity contribution in [3.63, 3.8) is 0 Å². The van der Waals surface area contributed by atoms with Crippen LogP contribution >= 0.6 is 0 Å². The van der Waals surface area contributed by atoms with E-state index in [1.54, 1.807) is 0 Å². The highest BCUT2D eigenvalue weighted by molar-refractivity contribution is 7.93. The first-order valence-electron chi connectivity index (χ1n) is 5.85. The maximum Gasteiger partial charge on any atom is 0.291 e. The van der Waals surface area contributed by atoms with Crippen molar-refractivity contribution in [2.24, 2.45) is 15.4 Å². The number of hydrogen-bond acceptors (Lipinski definition) is 4. The van der Waals surface area contributed by atoms with Crippen molar-refractivity contribution < 1.29 is 13.2 Å². The lowest BCUT2D eigenvalue weighted by Crippen LogP contribution is -2.12. The van der Waals surface area contributed by atoms with E-state index in [2.05, 4.69) is 58.7 Å². The second-order valence-corrected chi connectivity index (χ2v) is 5.85. The number of carbonyl (C=O) groups is 1. The van der Waals surface area contributed by atoms with Crippen LogP contribution in [-0.2, 0) is 14.8 Å². The van der Waals surface area contributed by atoms with E-state index in [4.69, 9.17) is 0 Å². The third-order valence-corrected chi connectivity index (χ3v) is 3.62. The summed E-state index contributed by atoms with van der Waals surface area (Å²) >= 11 is 0. The fourth-order valence-electron chi connectivity index (χ4n) is 1.83. The number of fused-ring (bicyclic) bond motifs is 1. The normalized spacial score (nSPS) is 19.4. The summed E-state index contributed by atoms with van der Waals surface area (Å²) in [7, 11) is -3.86. The molecule has 3 rings (SSSR count). The fraction of sp³-hybridized carbons (Fsp3) is 0.154. The number of primary sulfonamides is 1. The lowest BCUT2D eigenvalue weighted by molar-refractivity contribution is -0.113. The Bertz CT molecular complexity index is 733. The minimum absolute atomic E-state index is 0.488. The second-order valence-electron chi connectivity index (χ2n) is 4.34. The quantitative estimate of drug-likeness (QED) is 0.855. The van der Waals surface area contributed by atoms with Gasteiger partial charge in [-0.2, -0.15) is 0 Å². The molecule has 7 heteroatoms. The molecule has 1 aromatic carbocycles. The van der Waals surface area contributed by atoms with E-state index in [0.717, 1.165) is 6.08 Å². The predicted molar refractivity (Wildman–Crippen MR) is 74.9 cm³/mol. The van der Waals surface area contributed by atoms with Gasteiger partial charge in [-0.25, -0.2) is 13.6 Å². The summed E-state index contributed by atoms with van der Waals surface area (Å²) in [5.74, 6) is -0.0831. The smallest absolute Gasteiger partial charge is 0.266 e. The number of azo groups is 1. The molecule has 2 aliphatic rings. The Balaban J connectivity index is 0.000000147. The first kappa shape index (κ1) is 14.3. The number of allylic oxidation sites excluding steroid dienone is 1. The first-order valence-corrected chi connectivity index (χ1v) is 7.40. The van der Waals surface area contributed by atoms with E-state index in [1.807, 2.05) is 0 Å². The summed E-state index contributed by atoms with van der Waals surface area (Å²) in [4.78, 5) is 10.2. The van der Waals surface area contributed by atoms with Crippen molar-refractivity contribution in [2.75, 3.05) is 0 Å². The lowest BCUT2D eigenvalue weighted by Gasteiger charge is -2.01. The molecule has 0 spiro atoms. The Labute approximate surface area is 116 Å². The van der Waals surface area contributed by atoms with Crippen molar-refractivity contribution in [1.82, 2.24) is 0 Å². The van der Waals surface area contributed by atoms with E-state index in [1.165, 1.54) is 11.1 Å². The summed E-state index contributed by atoms with van der Waals surface area (Å²) in [6, 6.07) is 8.54. The van der Waals surface area contributed by atoms with Crippen molar-refractivity contribution in [3.05, 3.63) is 52.6 Å². The molecule has 0 saturated heterocycles. The van der Waals surface area contributed by atoms with Crippen LogP contribution in [0.15, 0.2) is 51.7 Å². The van der Waals surface area contributed by atoms with Gasteiger partial charge in [0.1, 0.15) is 0 Å². The Morgan fingerprint density at radius 1 is 1.20 bits per heavy atom. The summed E-state index contributed by atoms with van der Waals surface area (Å²) in [6.45, 7) is 2.22. The standard InChI is InChI=1S/C10H10.C3H3N3O3S/c1-8-6-7-9-4-2-3-5-10(8)9;4-10(8,9)3-1-2(7)5-6-3/h2-8H,1H3;1H,(H2,4,8,9). The summed E-state index contributed by atoms with van der Waals surface area (Å²) < 4.78 is 20.8. The number of rotatable bonds is 1. The average Bonchev–Trinajstić information content (AvgIpc) is 2.98. The van der Waals surface area contributed by atoms with Crippen molar-refractivity contribution in [2.45, 2.75) is 12.8 Å². The van der Waals surface area contributed by atoms with Crippen LogP contribution in [0.1, 0.15) is 24.0 Å². The molecule has 1 aliphatic carbocycles. The Hall–Kier alpha value is -2.12. The maximum absolute atomic E-state index is 10.4. The Kier molecular flexibility index (Phi) is 3.91. The molecular weight excluding hydrogens is 278 g/mol. The van der Waals surface area contributed by atoms with Gasteiger partial charge in [-0.05, 0) is 17.0 Å². The first-order chi connectivity index (χ1) is 9.38. The van der Waals surface area contributed by atoms with Crippen LogP contribution in [0.25, 0.3) is 6.08 Å². The molecule has 1 unspecified atom stereocenters. The van der Waals surface area contributed by atoms with Crippen molar-refractivity contribution in [1.29, 1.82) is 0 Å². The molecule has 0 bridgehead atoms. The van der Waals surface area contributed by atoms with E-state index in [-0.39, 0.29) is 0 Å². The second kappa shape index (κ2) is 5.48. The molecule has 6 nitrogen and oxygen atoms in total. The molecule has 1 atom stereocenters. The third kappa shape index (κ3) is 3.25. The van der Waals surface area contributed by atoms with Crippen LogP contribution in [-0.4, -0.2) is 14.3 Å². The number of carbonyl (C=O) groups excluding carboxylic acids is 1. The van der Waals surface area contributed by atoms with Gasteiger partial charge in [-0.1, -0.05) is 43.3 Å². The molecule has 0 saturated carbocycles. The fourth-order valence-corrected chi connectivity index (χ4v) is 2.25. The van der Waals surface area contributed by atoms with Gasteiger partial charge >= 0.3 is 0 Å². The van der Waals surface area contributed by atoms with Crippen LogP contribution in [0.3, 0.4) is 0 Å². The Morgan fingerprint density at radius 3 is 2.40 bits per heavy atom. The third-order valence-electron chi connectivity index (χ3n) is 2.84. The molecular formula is C13H13N3O3S. The molecule has 1 aliphatic heterocycles. The molecule has 104 valence electrons. The van der Waals surface area contributed by atoms with E-state index >= 15 is 0 Å². The molecule has 0 radical (unpaired) electrons. The monoisotopic (exact) mass is 291 g/mol. The number of nitrogens with two attached hydrogens (primary N) is 1. The zero-order valence-corrected chi connectivity index (χ0v) is 11.5. The van der Waals surface area contributed by atoms with Crippen molar-refractivity contribution in [3.8, 4) is 0 Å². The molecule has 0 aromatic heterocycles. The lowest BCUT2D eigenvalue weighted by atomic mass is 10.0. The largest absolute Gasteiger partial charge is 0.291 e. The highest BCUT2D eigenvalue weighted by Crippen LogP contribution is 2.28. The highest BCUT2D eigenvalue weighted by Gasteiger charge is 2.18. The van der Waals surface area contributed by atoms with E-state index in [9.17, 15) is 13.2 Å². The molecule has 1 amide bonds. The van der Waals surface area contributed by atoms with Crippen LogP contribution in [0.4, 0.5) is 0 Å². The van der Waals surface area contributed by atoms with Gasteiger partial charge in [0.2, 0.25) is 0 Å². The van der Waals surface area contributed by atoms with Crippen LogP contribution < -0.4 is 5.14 Å². The highest BCUT2D eigenvalue weighted by atomic mass is 32.2. The summed E-state index contributed by atoms with van der Waals surface area (Å²) in [5.41, 5.74) is 2.84. The minimum Gasteiger partial charge on any atom is -0.266 e.